The Hall–Kier alpha value is -2.73. The highest BCUT2D eigenvalue weighted by molar-refractivity contribution is 5.85. The summed E-state index contributed by atoms with van der Waals surface area (Å²) >= 11 is 0. The highest BCUT2D eigenvalue weighted by atomic mass is 16.2. The molecule has 2 aliphatic heterocycles. The molecule has 170 valence electrons. The van der Waals surface area contributed by atoms with Crippen LogP contribution in [0.5, 0.6) is 0 Å². The van der Waals surface area contributed by atoms with Crippen molar-refractivity contribution in [3.8, 4) is 0 Å². The standard InChI is InChI=1S/C26H34N4O2/c1-19-9-11-21(12-10-19)24(29-14-5-3-4-6-15-29)16-28-26(32)23-18-30(20(2)31)17-22-8-7-13-27-25(22)23/h7-13,23-24H,3-6,14-18H2,1-2H3,(H,28,32). The van der Waals surface area contributed by atoms with E-state index in [1.165, 1.54) is 36.8 Å². The van der Waals surface area contributed by atoms with Crippen molar-refractivity contribution in [1.29, 1.82) is 0 Å². The van der Waals surface area contributed by atoms with Crippen molar-refractivity contribution in [3.63, 3.8) is 0 Å². The summed E-state index contributed by atoms with van der Waals surface area (Å²) in [4.78, 5) is 34.2. The molecule has 2 amide bonds. The van der Waals surface area contributed by atoms with Crippen molar-refractivity contribution < 1.29 is 9.59 Å². The van der Waals surface area contributed by atoms with Crippen molar-refractivity contribution in [3.05, 3.63) is 65.0 Å². The zero-order valence-corrected chi connectivity index (χ0v) is 19.2. The Morgan fingerprint density at radius 1 is 1.09 bits per heavy atom. The maximum Gasteiger partial charge on any atom is 0.231 e. The Morgan fingerprint density at radius 2 is 1.81 bits per heavy atom. The van der Waals surface area contributed by atoms with Gasteiger partial charge in [0.1, 0.15) is 0 Å². The maximum absolute atomic E-state index is 13.4. The Labute approximate surface area is 191 Å². The number of aryl methyl sites for hydroxylation is 1. The summed E-state index contributed by atoms with van der Waals surface area (Å²) in [6, 6.07) is 12.6. The molecule has 2 aliphatic rings. The van der Waals surface area contributed by atoms with Crippen LogP contribution < -0.4 is 5.32 Å². The average Bonchev–Trinajstić information content (AvgIpc) is 3.09. The predicted octanol–water partition coefficient (Wildman–Crippen LogP) is 3.57. The van der Waals surface area contributed by atoms with Gasteiger partial charge in [-0.1, -0.05) is 48.7 Å². The monoisotopic (exact) mass is 434 g/mol. The molecule has 1 aromatic carbocycles. The molecule has 0 spiro atoms. The smallest absolute Gasteiger partial charge is 0.231 e. The summed E-state index contributed by atoms with van der Waals surface area (Å²) in [6.45, 7) is 7.22. The van der Waals surface area contributed by atoms with Crippen LogP contribution in [0, 0.1) is 6.92 Å². The van der Waals surface area contributed by atoms with Crippen molar-refractivity contribution >= 4 is 11.8 Å². The molecule has 6 nitrogen and oxygen atoms in total. The van der Waals surface area contributed by atoms with Crippen LogP contribution in [0.3, 0.4) is 0 Å². The number of carbonyl (C=O) groups excluding carboxylic acids is 2. The van der Waals surface area contributed by atoms with E-state index in [0.717, 1.165) is 24.3 Å². The number of nitrogens with one attached hydrogen (secondary N) is 1. The Bertz CT molecular complexity index is 935. The number of nitrogens with zero attached hydrogens (tertiary/aromatic N) is 3. The molecule has 2 unspecified atom stereocenters. The van der Waals surface area contributed by atoms with Crippen molar-refractivity contribution in [2.45, 2.75) is 58.0 Å². The first-order chi connectivity index (χ1) is 15.5. The second kappa shape index (κ2) is 10.3. The first kappa shape index (κ1) is 22.5. The summed E-state index contributed by atoms with van der Waals surface area (Å²) in [5.41, 5.74) is 4.23. The minimum Gasteiger partial charge on any atom is -0.354 e. The van der Waals surface area contributed by atoms with E-state index in [9.17, 15) is 9.59 Å². The van der Waals surface area contributed by atoms with Gasteiger partial charge in [-0.25, -0.2) is 0 Å². The fraction of sp³-hybridized carbons (Fsp3) is 0.500. The lowest BCUT2D eigenvalue weighted by Gasteiger charge is -2.34. The molecule has 1 aromatic heterocycles. The summed E-state index contributed by atoms with van der Waals surface area (Å²) in [7, 11) is 0. The third-order valence-electron chi connectivity index (χ3n) is 6.80. The van der Waals surface area contributed by atoms with Gasteiger partial charge in [0.15, 0.2) is 0 Å². The summed E-state index contributed by atoms with van der Waals surface area (Å²) in [6.07, 6.45) is 6.67. The number of benzene rings is 1. The van der Waals surface area contributed by atoms with Crippen molar-refractivity contribution in [1.82, 2.24) is 20.1 Å². The van der Waals surface area contributed by atoms with Gasteiger partial charge in [0.05, 0.1) is 17.7 Å². The first-order valence-electron chi connectivity index (χ1n) is 11.8. The topological polar surface area (TPSA) is 65.5 Å². The lowest BCUT2D eigenvalue weighted by molar-refractivity contribution is -0.131. The Morgan fingerprint density at radius 3 is 2.50 bits per heavy atom. The molecular weight excluding hydrogens is 400 g/mol. The van der Waals surface area contributed by atoms with E-state index in [1.54, 1.807) is 18.0 Å². The predicted molar refractivity (Wildman–Crippen MR) is 125 cm³/mol. The molecule has 0 bridgehead atoms. The fourth-order valence-corrected chi connectivity index (χ4v) is 4.90. The largest absolute Gasteiger partial charge is 0.354 e. The molecular formula is C26H34N4O2. The first-order valence-corrected chi connectivity index (χ1v) is 11.8. The third kappa shape index (κ3) is 5.18. The number of fused-ring (bicyclic) bond motifs is 1. The van der Waals surface area contributed by atoms with Gasteiger partial charge < -0.3 is 10.2 Å². The van der Waals surface area contributed by atoms with Gasteiger partial charge in [0.2, 0.25) is 11.8 Å². The molecule has 4 rings (SSSR count). The normalized spacial score (nSPS) is 20.2. The Balaban J connectivity index is 1.52. The fourth-order valence-electron chi connectivity index (χ4n) is 4.90. The van der Waals surface area contributed by atoms with Gasteiger partial charge in [-0.15, -0.1) is 0 Å². The van der Waals surface area contributed by atoms with E-state index in [1.807, 2.05) is 12.1 Å². The summed E-state index contributed by atoms with van der Waals surface area (Å²) in [5.74, 6) is -0.506. The van der Waals surface area contributed by atoms with Gasteiger partial charge >= 0.3 is 0 Å². The summed E-state index contributed by atoms with van der Waals surface area (Å²) in [5, 5.41) is 3.23. The van der Waals surface area contributed by atoms with E-state index in [4.69, 9.17) is 0 Å². The molecule has 1 fully saturated rings. The molecule has 6 heteroatoms. The lowest BCUT2D eigenvalue weighted by Crippen LogP contribution is -2.45. The number of aromatic nitrogens is 1. The second-order valence-corrected chi connectivity index (χ2v) is 9.12. The van der Waals surface area contributed by atoms with Crippen LogP contribution in [0.25, 0.3) is 0 Å². The number of amides is 2. The lowest BCUT2D eigenvalue weighted by atomic mass is 9.93. The SMILES string of the molecule is CC(=O)N1Cc2cccnc2C(C(=O)NCC(c2ccc(C)cc2)N2CCCCCC2)C1. The molecule has 0 radical (unpaired) electrons. The quantitative estimate of drug-likeness (QED) is 0.781. The van der Waals surface area contributed by atoms with Gasteiger partial charge in [0.25, 0.3) is 0 Å². The molecule has 0 aliphatic carbocycles. The highest BCUT2D eigenvalue weighted by Crippen LogP contribution is 2.28. The van der Waals surface area contributed by atoms with Gasteiger partial charge in [-0.2, -0.15) is 0 Å². The third-order valence-corrected chi connectivity index (χ3v) is 6.80. The molecule has 2 atom stereocenters. The number of hydrogen-bond donors (Lipinski definition) is 1. The van der Waals surface area contributed by atoms with E-state index >= 15 is 0 Å². The van der Waals surface area contributed by atoms with Crippen LogP contribution in [0.4, 0.5) is 0 Å². The van der Waals surface area contributed by atoms with Crippen LogP contribution in [-0.2, 0) is 16.1 Å². The minimum absolute atomic E-state index is 0.0144. The molecule has 1 N–H and O–H groups in total. The van der Waals surface area contributed by atoms with Crippen LogP contribution in [0.1, 0.15) is 67.0 Å². The Kier molecular flexibility index (Phi) is 7.20. The molecule has 0 saturated carbocycles. The number of hydrogen-bond acceptors (Lipinski definition) is 4. The van der Waals surface area contributed by atoms with E-state index < -0.39 is 5.92 Å². The molecule has 32 heavy (non-hydrogen) atoms. The van der Waals surface area contributed by atoms with E-state index in [-0.39, 0.29) is 17.9 Å². The van der Waals surface area contributed by atoms with Gasteiger partial charge in [0, 0.05) is 32.8 Å². The summed E-state index contributed by atoms with van der Waals surface area (Å²) < 4.78 is 0. The van der Waals surface area contributed by atoms with Crippen LogP contribution >= 0.6 is 0 Å². The minimum atomic E-state index is -0.438. The zero-order chi connectivity index (χ0) is 22.5. The van der Waals surface area contributed by atoms with Crippen molar-refractivity contribution in [2.75, 3.05) is 26.2 Å². The highest BCUT2D eigenvalue weighted by Gasteiger charge is 2.33. The van der Waals surface area contributed by atoms with E-state index in [0.29, 0.717) is 19.6 Å². The average molecular weight is 435 g/mol. The number of carbonyl (C=O) groups is 2. The molecule has 3 heterocycles. The van der Waals surface area contributed by atoms with Gasteiger partial charge in [-0.3, -0.25) is 19.5 Å². The molecule has 1 saturated heterocycles. The van der Waals surface area contributed by atoms with Gasteiger partial charge in [-0.05, 0) is 50.0 Å². The zero-order valence-electron chi connectivity index (χ0n) is 19.2. The number of rotatable bonds is 5. The van der Waals surface area contributed by atoms with Crippen LogP contribution in [-0.4, -0.2) is 52.8 Å². The number of pyridine rings is 1. The molecule has 2 aromatic rings. The maximum atomic E-state index is 13.4. The van der Waals surface area contributed by atoms with Crippen molar-refractivity contribution in [2.24, 2.45) is 0 Å². The van der Waals surface area contributed by atoms with Crippen LogP contribution in [0.2, 0.25) is 0 Å². The number of likely N-dealkylation sites (tertiary alicyclic amines) is 1. The second-order valence-electron chi connectivity index (χ2n) is 9.12. The van der Waals surface area contributed by atoms with Crippen LogP contribution in [0.15, 0.2) is 42.6 Å². The van der Waals surface area contributed by atoms with E-state index in [2.05, 4.69) is 46.4 Å².